The lowest BCUT2D eigenvalue weighted by Crippen LogP contribution is -2.49. The molecule has 0 aromatic heterocycles. The Morgan fingerprint density at radius 2 is 2.14 bits per heavy atom. The van der Waals surface area contributed by atoms with Gasteiger partial charge in [-0.05, 0) is 31.5 Å². The molecule has 3 nitrogen and oxygen atoms in total. The summed E-state index contributed by atoms with van der Waals surface area (Å²) in [6, 6.07) is 4.90. The predicted molar refractivity (Wildman–Crippen MR) is 70.1 cm³/mol. The van der Waals surface area contributed by atoms with Crippen LogP contribution in [0.15, 0.2) is 24.3 Å². The smallest absolute Gasteiger partial charge is 0.367 e. The first kappa shape index (κ1) is 14.5. The first-order chi connectivity index (χ1) is 9.95. The number of ether oxygens (including phenoxy) is 1. The van der Waals surface area contributed by atoms with E-state index in [2.05, 4.69) is 4.90 Å². The second kappa shape index (κ2) is 5.42. The number of carbonyl (C=O) groups is 1. The molecular weight excluding hydrogens is 283 g/mol. The molecule has 2 atom stereocenters. The second-order valence-corrected chi connectivity index (χ2v) is 5.56. The van der Waals surface area contributed by atoms with Crippen molar-refractivity contribution in [3.63, 3.8) is 0 Å². The lowest BCUT2D eigenvalue weighted by molar-refractivity contribution is -0.137. The summed E-state index contributed by atoms with van der Waals surface area (Å²) in [6.45, 7) is 1.88. The van der Waals surface area contributed by atoms with Gasteiger partial charge in [0.15, 0.2) is 5.78 Å². The molecule has 0 radical (unpaired) electrons. The largest absolute Gasteiger partial charge is 0.416 e. The van der Waals surface area contributed by atoms with E-state index >= 15 is 0 Å². The average Bonchev–Trinajstić information content (AvgIpc) is 2.93. The molecule has 6 heteroatoms. The van der Waals surface area contributed by atoms with Crippen LogP contribution in [0.4, 0.5) is 13.2 Å². The summed E-state index contributed by atoms with van der Waals surface area (Å²) in [4.78, 5) is 14.5. The summed E-state index contributed by atoms with van der Waals surface area (Å²) in [5, 5.41) is 0. The van der Waals surface area contributed by atoms with Gasteiger partial charge >= 0.3 is 6.18 Å². The van der Waals surface area contributed by atoms with Crippen LogP contribution in [0.3, 0.4) is 0 Å². The highest BCUT2D eigenvalue weighted by Gasteiger charge is 2.36. The SMILES string of the molecule is O=C(c1cccc(C(F)(F)F)c1)C1CN2CCCC2CO1. The number of nitrogens with zero attached hydrogens (tertiary/aromatic N) is 1. The normalized spacial score (nSPS) is 26.6. The number of Topliss-reactive ketones (excluding diaryl/α,β-unsaturated/α-hetero) is 1. The zero-order valence-corrected chi connectivity index (χ0v) is 11.4. The van der Waals surface area contributed by atoms with Crippen molar-refractivity contribution in [3.05, 3.63) is 35.4 Å². The Bertz CT molecular complexity index is 544. The third-order valence-electron chi connectivity index (χ3n) is 4.16. The molecule has 2 heterocycles. The highest BCUT2D eigenvalue weighted by Crippen LogP contribution is 2.30. The van der Waals surface area contributed by atoms with Crippen LogP contribution in [-0.2, 0) is 10.9 Å². The van der Waals surface area contributed by atoms with Crippen molar-refractivity contribution in [2.75, 3.05) is 19.7 Å². The molecule has 2 aliphatic heterocycles. The molecular formula is C15H16F3NO2. The lowest BCUT2D eigenvalue weighted by Gasteiger charge is -2.34. The van der Waals surface area contributed by atoms with Gasteiger partial charge in [0.25, 0.3) is 0 Å². The zero-order chi connectivity index (χ0) is 15.0. The molecule has 2 fully saturated rings. The van der Waals surface area contributed by atoms with E-state index in [1.165, 1.54) is 12.1 Å². The Balaban J connectivity index is 1.76. The van der Waals surface area contributed by atoms with Crippen LogP contribution in [0.25, 0.3) is 0 Å². The second-order valence-electron chi connectivity index (χ2n) is 5.56. The average molecular weight is 299 g/mol. The van der Waals surface area contributed by atoms with E-state index in [0.29, 0.717) is 19.2 Å². The summed E-state index contributed by atoms with van der Waals surface area (Å²) in [5.74, 6) is -0.369. The topological polar surface area (TPSA) is 29.5 Å². The summed E-state index contributed by atoms with van der Waals surface area (Å²) in [6.07, 6.45) is -2.96. The Kier molecular flexibility index (Phi) is 3.75. The van der Waals surface area contributed by atoms with Crippen LogP contribution in [0, 0.1) is 0 Å². The fourth-order valence-electron chi connectivity index (χ4n) is 3.01. The minimum atomic E-state index is -4.44. The fourth-order valence-corrected chi connectivity index (χ4v) is 3.01. The monoisotopic (exact) mass is 299 g/mol. The van der Waals surface area contributed by atoms with Gasteiger partial charge in [0.05, 0.1) is 12.2 Å². The molecule has 2 saturated heterocycles. The molecule has 0 bridgehead atoms. The first-order valence-corrected chi connectivity index (χ1v) is 7.02. The van der Waals surface area contributed by atoms with Crippen molar-refractivity contribution in [2.45, 2.75) is 31.2 Å². The van der Waals surface area contributed by atoms with Gasteiger partial charge in [-0.1, -0.05) is 12.1 Å². The first-order valence-electron chi connectivity index (χ1n) is 7.02. The molecule has 0 spiro atoms. The summed E-state index contributed by atoms with van der Waals surface area (Å²) >= 11 is 0. The third kappa shape index (κ3) is 2.96. The number of benzene rings is 1. The summed E-state index contributed by atoms with van der Waals surface area (Å²) in [5.41, 5.74) is -0.740. The third-order valence-corrected chi connectivity index (χ3v) is 4.16. The zero-order valence-electron chi connectivity index (χ0n) is 11.4. The Morgan fingerprint density at radius 3 is 2.90 bits per heavy atom. The van der Waals surface area contributed by atoms with Crippen molar-refractivity contribution < 1.29 is 22.7 Å². The van der Waals surface area contributed by atoms with Gasteiger partial charge in [-0.3, -0.25) is 9.69 Å². The quantitative estimate of drug-likeness (QED) is 0.787. The number of hydrogen-bond acceptors (Lipinski definition) is 3. The molecule has 114 valence electrons. The summed E-state index contributed by atoms with van der Waals surface area (Å²) in [7, 11) is 0. The lowest BCUT2D eigenvalue weighted by atomic mass is 10.0. The van der Waals surface area contributed by atoms with E-state index in [4.69, 9.17) is 4.74 Å². The van der Waals surface area contributed by atoms with Crippen molar-refractivity contribution in [2.24, 2.45) is 0 Å². The van der Waals surface area contributed by atoms with E-state index in [9.17, 15) is 18.0 Å². The number of hydrogen-bond donors (Lipinski definition) is 0. The number of ketones is 1. The van der Waals surface area contributed by atoms with Crippen LogP contribution < -0.4 is 0 Å². The molecule has 1 aromatic carbocycles. The molecule has 0 N–H and O–H groups in total. The standard InChI is InChI=1S/C15H16F3NO2/c16-15(17,18)11-4-1-3-10(7-11)14(20)13-8-19-6-2-5-12(19)9-21-13/h1,3-4,7,12-13H,2,5-6,8-9H2. The minimum absolute atomic E-state index is 0.0625. The van der Waals surface area contributed by atoms with Crippen LogP contribution in [0.1, 0.15) is 28.8 Å². The number of carbonyl (C=O) groups excluding carboxylic acids is 1. The van der Waals surface area contributed by atoms with Crippen LogP contribution >= 0.6 is 0 Å². The van der Waals surface area contributed by atoms with E-state index < -0.39 is 17.8 Å². The number of fused-ring (bicyclic) bond motifs is 1. The molecule has 0 amide bonds. The van der Waals surface area contributed by atoms with Crippen molar-refractivity contribution >= 4 is 5.78 Å². The van der Waals surface area contributed by atoms with E-state index in [1.807, 2.05) is 0 Å². The van der Waals surface area contributed by atoms with Gasteiger partial charge in [0, 0.05) is 18.2 Å². The van der Waals surface area contributed by atoms with E-state index in [0.717, 1.165) is 31.5 Å². The van der Waals surface area contributed by atoms with Gasteiger partial charge in [-0.2, -0.15) is 13.2 Å². The number of morpholine rings is 1. The molecule has 2 unspecified atom stereocenters. The van der Waals surface area contributed by atoms with Crippen LogP contribution in [0.5, 0.6) is 0 Å². The highest BCUT2D eigenvalue weighted by atomic mass is 19.4. The van der Waals surface area contributed by atoms with Crippen molar-refractivity contribution in [1.29, 1.82) is 0 Å². The number of halogens is 3. The molecule has 2 aliphatic rings. The molecule has 21 heavy (non-hydrogen) atoms. The Labute approximate surface area is 120 Å². The maximum absolute atomic E-state index is 12.7. The number of alkyl halides is 3. The predicted octanol–water partition coefficient (Wildman–Crippen LogP) is 2.75. The maximum atomic E-state index is 12.7. The molecule has 3 rings (SSSR count). The van der Waals surface area contributed by atoms with Crippen molar-refractivity contribution in [3.8, 4) is 0 Å². The van der Waals surface area contributed by atoms with Gasteiger partial charge in [0.2, 0.25) is 0 Å². The fraction of sp³-hybridized carbons (Fsp3) is 0.533. The summed E-state index contributed by atoms with van der Waals surface area (Å²) < 4.78 is 43.7. The van der Waals surface area contributed by atoms with E-state index in [1.54, 1.807) is 0 Å². The molecule has 0 aliphatic carbocycles. The molecule has 0 saturated carbocycles. The Hall–Kier alpha value is -1.40. The maximum Gasteiger partial charge on any atom is 0.416 e. The van der Waals surface area contributed by atoms with Gasteiger partial charge < -0.3 is 4.74 Å². The van der Waals surface area contributed by atoms with Gasteiger partial charge in [-0.25, -0.2) is 0 Å². The van der Waals surface area contributed by atoms with Crippen molar-refractivity contribution in [1.82, 2.24) is 4.90 Å². The highest BCUT2D eigenvalue weighted by molar-refractivity contribution is 5.99. The van der Waals surface area contributed by atoms with Gasteiger partial charge in [0.1, 0.15) is 6.10 Å². The van der Waals surface area contributed by atoms with Gasteiger partial charge in [-0.15, -0.1) is 0 Å². The van der Waals surface area contributed by atoms with E-state index in [-0.39, 0.29) is 11.3 Å². The molecule has 1 aromatic rings. The van der Waals surface area contributed by atoms with Crippen LogP contribution in [-0.4, -0.2) is 42.5 Å². The minimum Gasteiger partial charge on any atom is -0.367 e. The van der Waals surface area contributed by atoms with Crippen LogP contribution in [0.2, 0.25) is 0 Å². The number of rotatable bonds is 2. The Morgan fingerprint density at radius 1 is 1.33 bits per heavy atom.